The maximum absolute atomic E-state index is 11.4. The number of aromatic amines is 1. The van der Waals surface area contributed by atoms with Crippen molar-refractivity contribution in [3.63, 3.8) is 0 Å². The van der Waals surface area contributed by atoms with E-state index < -0.39 is 0 Å². The molecule has 1 aromatic rings. The van der Waals surface area contributed by atoms with Crippen molar-refractivity contribution in [2.45, 2.75) is 32.7 Å². The third-order valence-electron chi connectivity index (χ3n) is 2.52. The van der Waals surface area contributed by atoms with Crippen molar-refractivity contribution in [2.24, 2.45) is 0 Å². The van der Waals surface area contributed by atoms with E-state index in [1.54, 1.807) is 0 Å². The molecule has 5 heteroatoms. The molecule has 1 N–H and O–H groups in total. The second-order valence-corrected chi connectivity index (χ2v) is 3.73. The van der Waals surface area contributed by atoms with Crippen LogP contribution in [0, 0.1) is 11.3 Å². The summed E-state index contributed by atoms with van der Waals surface area (Å²) in [6, 6.07) is 3.60. The van der Waals surface area contributed by atoms with Crippen LogP contribution in [-0.4, -0.2) is 23.1 Å². The van der Waals surface area contributed by atoms with Gasteiger partial charge in [0.15, 0.2) is 0 Å². The average Bonchev–Trinajstić information content (AvgIpc) is 2.27. The number of H-pyrrole nitrogens is 1. The molecule has 86 valence electrons. The lowest BCUT2D eigenvalue weighted by Crippen LogP contribution is -2.30. The Hall–Kier alpha value is -1.83. The molecule has 16 heavy (non-hydrogen) atoms. The molecule has 0 bridgehead atoms. The third-order valence-corrected chi connectivity index (χ3v) is 2.52. The van der Waals surface area contributed by atoms with E-state index in [0.717, 1.165) is 0 Å². The molecule has 1 aromatic heterocycles. The number of aromatic nitrogens is 2. The molecule has 1 heterocycles. The van der Waals surface area contributed by atoms with Gasteiger partial charge in [0.2, 0.25) is 0 Å². The predicted molar refractivity (Wildman–Crippen MR) is 62.3 cm³/mol. The standard InChI is InChI=1S/C11H16N4O/c1-4-9-13-10(7-11(16)14-9)15(3)8(2)5-6-12/h7-8H,4-5H2,1-3H3,(H,13,14,16). The van der Waals surface area contributed by atoms with Gasteiger partial charge in [-0.3, -0.25) is 4.79 Å². The summed E-state index contributed by atoms with van der Waals surface area (Å²) >= 11 is 0. The molecule has 0 radical (unpaired) electrons. The van der Waals surface area contributed by atoms with Crippen molar-refractivity contribution in [2.75, 3.05) is 11.9 Å². The molecule has 0 amide bonds. The van der Waals surface area contributed by atoms with Gasteiger partial charge in [-0.1, -0.05) is 6.92 Å². The van der Waals surface area contributed by atoms with Crippen molar-refractivity contribution in [3.05, 3.63) is 22.2 Å². The predicted octanol–water partition coefficient (Wildman–Crippen LogP) is 1.07. The van der Waals surface area contributed by atoms with E-state index in [4.69, 9.17) is 5.26 Å². The SMILES string of the molecule is CCc1nc(N(C)C(C)CC#N)cc(=O)[nH]1. The van der Waals surface area contributed by atoms with Crippen molar-refractivity contribution < 1.29 is 0 Å². The van der Waals surface area contributed by atoms with Crippen molar-refractivity contribution >= 4 is 5.82 Å². The Morgan fingerprint density at radius 3 is 2.94 bits per heavy atom. The summed E-state index contributed by atoms with van der Waals surface area (Å²) in [5.41, 5.74) is -0.155. The zero-order chi connectivity index (χ0) is 12.1. The fraction of sp³-hybridized carbons (Fsp3) is 0.545. The molecule has 1 rings (SSSR count). The van der Waals surface area contributed by atoms with Crippen molar-refractivity contribution in [3.8, 4) is 6.07 Å². The topological polar surface area (TPSA) is 72.8 Å². The van der Waals surface area contributed by atoms with Crippen molar-refractivity contribution in [1.82, 2.24) is 9.97 Å². The minimum atomic E-state index is -0.155. The number of nitrogens with one attached hydrogen (secondary N) is 1. The summed E-state index contributed by atoms with van der Waals surface area (Å²) in [6.07, 6.45) is 1.09. The lowest BCUT2D eigenvalue weighted by Gasteiger charge is -2.23. The summed E-state index contributed by atoms with van der Waals surface area (Å²) in [5, 5.41) is 8.62. The van der Waals surface area contributed by atoms with Gasteiger partial charge in [-0.05, 0) is 6.92 Å². The van der Waals surface area contributed by atoms with Gasteiger partial charge in [0.1, 0.15) is 11.6 Å². The highest BCUT2D eigenvalue weighted by Gasteiger charge is 2.12. The van der Waals surface area contributed by atoms with Gasteiger partial charge < -0.3 is 9.88 Å². The Bertz CT molecular complexity index is 446. The quantitative estimate of drug-likeness (QED) is 0.823. The molecule has 0 fully saturated rings. The van der Waals surface area contributed by atoms with Crippen LogP contribution < -0.4 is 10.5 Å². The van der Waals surface area contributed by atoms with E-state index >= 15 is 0 Å². The van der Waals surface area contributed by atoms with Crippen LogP contribution in [0.1, 0.15) is 26.1 Å². The van der Waals surface area contributed by atoms with Gasteiger partial charge in [0, 0.05) is 25.6 Å². The van der Waals surface area contributed by atoms with Crippen LogP contribution in [0.15, 0.2) is 10.9 Å². The first-order chi connectivity index (χ1) is 7.58. The molecular formula is C11H16N4O. The highest BCUT2D eigenvalue weighted by Crippen LogP contribution is 2.11. The molecule has 0 aromatic carbocycles. The number of anilines is 1. The van der Waals surface area contributed by atoms with E-state index in [0.29, 0.717) is 24.5 Å². The average molecular weight is 220 g/mol. The highest BCUT2D eigenvalue weighted by atomic mass is 16.1. The maximum atomic E-state index is 11.4. The van der Waals surface area contributed by atoms with Gasteiger partial charge in [-0.15, -0.1) is 0 Å². The molecule has 1 atom stereocenters. The lowest BCUT2D eigenvalue weighted by atomic mass is 10.2. The number of hydrogen-bond acceptors (Lipinski definition) is 4. The summed E-state index contributed by atoms with van der Waals surface area (Å²) < 4.78 is 0. The van der Waals surface area contributed by atoms with Gasteiger partial charge >= 0.3 is 0 Å². The fourth-order valence-corrected chi connectivity index (χ4v) is 1.34. The second kappa shape index (κ2) is 5.31. The third kappa shape index (κ3) is 2.83. The zero-order valence-corrected chi connectivity index (χ0v) is 9.82. The Balaban J connectivity index is 2.99. The first-order valence-corrected chi connectivity index (χ1v) is 5.28. The summed E-state index contributed by atoms with van der Waals surface area (Å²) in [4.78, 5) is 20.2. The van der Waals surface area contributed by atoms with Crippen LogP contribution in [0.5, 0.6) is 0 Å². The maximum Gasteiger partial charge on any atom is 0.252 e. The first kappa shape index (κ1) is 12.2. The normalized spacial score (nSPS) is 11.9. The molecular weight excluding hydrogens is 204 g/mol. The highest BCUT2D eigenvalue weighted by molar-refractivity contribution is 5.37. The van der Waals surface area contributed by atoms with Crippen LogP contribution in [0.25, 0.3) is 0 Å². The smallest absolute Gasteiger partial charge is 0.252 e. The lowest BCUT2D eigenvalue weighted by molar-refractivity contribution is 0.688. The molecule has 0 aliphatic carbocycles. The van der Waals surface area contributed by atoms with E-state index in [2.05, 4.69) is 16.0 Å². The molecule has 0 spiro atoms. The van der Waals surface area contributed by atoms with Crippen LogP contribution in [0.2, 0.25) is 0 Å². The van der Waals surface area contributed by atoms with Crippen molar-refractivity contribution in [1.29, 1.82) is 5.26 Å². The number of rotatable bonds is 4. The van der Waals surface area contributed by atoms with Gasteiger partial charge in [0.25, 0.3) is 5.56 Å². The number of nitrogens with zero attached hydrogens (tertiary/aromatic N) is 3. The minimum Gasteiger partial charge on any atom is -0.356 e. The summed E-state index contributed by atoms with van der Waals surface area (Å²) in [5.74, 6) is 1.28. The minimum absolute atomic E-state index is 0.0454. The van der Waals surface area contributed by atoms with E-state index in [1.807, 2.05) is 25.8 Å². The number of hydrogen-bond donors (Lipinski definition) is 1. The largest absolute Gasteiger partial charge is 0.356 e. The number of aryl methyl sites for hydroxylation is 1. The fourth-order valence-electron chi connectivity index (χ4n) is 1.34. The Kier molecular flexibility index (Phi) is 4.06. The second-order valence-electron chi connectivity index (χ2n) is 3.73. The summed E-state index contributed by atoms with van der Waals surface area (Å²) in [7, 11) is 1.84. The Labute approximate surface area is 94.7 Å². The molecule has 5 nitrogen and oxygen atoms in total. The van der Waals surface area contributed by atoms with Crippen LogP contribution in [0.4, 0.5) is 5.82 Å². The first-order valence-electron chi connectivity index (χ1n) is 5.28. The van der Waals surface area contributed by atoms with Crippen LogP contribution in [0.3, 0.4) is 0 Å². The van der Waals surface area contributed by atoms with Gasteiger partial charge in [-0.2, -0.15) is 5.26 Å². The zero-order valence-electron chi connectivity index (χ0n) is 9.82. The molecule has 0 aliphatic heterocycles. The number of nitriles is 1. The molecule has 1 unspecified atom stereocenters. The van der Waals surface area contributed by atoms with Gasteiger partial charge in [-0.25, -0.2) is 4.98 Å². The Morgan fingerprint density at radius 2 is 2.38 bits per heavy atom. The summed E-state index contributed by atoms with van der Waals surface area (Å²) in [6.45, 7) is 3.86. The molecule has 0 saturated heterocycles. The van der Waals surface area contributed by atoms with Crippen LogP contribution in [-0.2, 0) is 6.42 Å². The van der Waals surface area contributed by atoms with E-state index in [-0.39, 0.29) is 11.6 Å². The van der Waals surface area contributed by atoms with E-state index in [9.17, 15) is 4.79 Å². The van der Waals surface area contributed by atoms with Gasteiger partial charge in [0.05, 0.1) is 12.5 Å². The van der Waals surface area contributed by atoms with Crippen LogP contribution >= 0.6 is 0 Å². The van der Waals surface area contributed by atoms with E-state index in [1.165, 1.54) is 6.07 Å². The molecule has 0 saturated carbocycles. The monoisotopic (exact) mass is 220 g/mol. The molecule has 0 aliphatic rings. The Morgan fingerprint density at radius 1 is 1.69 bits per heavy atom.